The number of aromatic nitrogens is 2. The molecule has 0 saturated carbocycles. The van der Waals surface area contributed by atoms with Gasteiger partial charge in [0.2, 0.25) is 0 Å². The molecule has 0 radical (unpaired) electrons. The van der Waals surface area contributed by atoms with Crippen LogP contribution < -0.4 is 10.2 Å². The fraction of sp³-hybridized carbons (Fsp3) is 0.375. The number of nitrogens with zero attached hydrogens (tertiary/aromatic N) is 3. The summed E-state index contributed by atoms with van der Waals surface area (Å²) in [5.41, 5.74) is 4.79. The van der Waals surface area contributed by atoms with E-state index in [4.69, 9.17) is 9.72 Å². The Balaban J connectivity index is 1.63. The van der Waals surface area contributed by atoms with Crippen molar-refractivity contribution in [2.75, 3.05) is 24.6 Å². The minimum absolute atomic E-state index is 0.145. The summed E-state index contributed by atoms with van der Waals surface area (Å²) in [5.74, 6) is -0.598. The zero-order chi connectivity index (χ0) is 22.8. The summed E-state index contributed by atoms with van der Waals surface area (Å²) in [4.78, 5) is 25.4. The van der Waals surface area contributed by atoms with E-state index in [1.807, 2.05) is 26.0 Å². The molecule has 1 fully saturated rings. The fourth-order valence-electron chi connectivity index (χ4n) is 3.92. The molecule has 1 aliphatic rings. The van der Waals surface area contributed by atoms with Gasteiger partial charge in [-0.2, -0.15) is 0 Å². The van der Waals surface area contributed by atoms with Gasteiger partial charge < -0.3 is 15.0 Å². The van der Waals surface area contributed by atoms with Gasteiger partial charge in [-0.05, 0) is 69.2 Å². The highest BCUT2D eigenvalue weighted by molar-refractivity contribution is 7.19. The lowest BCUT2D eigenvalue weighted by Crippen LogP contribution is -2.41. The Hall–Kier alpha value is -2.84. The van der Waals surface area contributed by atoms with Crippen molar-refractivity contribution in [2.24, 2.45) is 0 Å². The Morgan fingerprint density at radius 2 is 1.97 bits per heavy atom. The first-order chi connectivity index (χ1) is 15.3. The number of nitrogens with one attached hydrogen (secondary N) is 1. The summed E-state index contributed by atoms with van der Waals surface area (Å²) in [6.07, 6.45) is 0.145. The number of aryl methyl sites for hydroxylation is 3. The molecule has 0 aliphatic carbocycles. The van der Waals surface area contributed by atoms with E-state index in [2.05, 4.69) is 22.1 Å². The van der Waals surface area contributed by atoms with E-state index in [0.717, 1.165) is 45.7 Å². The molecule has 1 atom stereocenters. The van der Waals surface area contributed by atoms with E-state index in [0.29, 0.717) is 17.7 Å². The van der Waals surface area contributed by atoms with Gasteiger partial charge in [0.25, 0.3) is 5.91 Å². The molecule has 3 aromatic rings. The van der Waals surface area contributed by atoms with Crippen LogP contribution in [-0.4, -0.2) is 41.7 Å². The van der Waals surface area contributed by atoms with Crippen molar-refractivity contribution in [3.8, 4) is 10.4 Å². The van der Waals surface area contributed by atoms with Crippen molar-refractivity contribution in [1.29, 1.82) is 0 Å². The SMILES string of the molecule is Cc1cc(-c2sc(N3CCO[C@@H](C)C3)nc2CNC(=O)c2ccc(F)cc2C)cc(C)n1. The number of pyridine rings is 1. The topological polar surface area (TPSA) is 67.3 Å². The van der Waals surface area contributed by atoms with Gasteiger partial charge in [-0.1, -0.05) is 11.3 Å². The molecule has 8 heteroatoms. The molecule has 32 heavy (non-hydrogen) atoms. The molecule has 0 unspecified atom stereocenters. The Bertz CT molecular complexity index is 1130. The second-order valence-corrected chi connectivity index (χ2v) is 9.16. The molecule has 1 N–H and O–H groups in total. The van der Waals surface area contributed by atoms with E-state index in [1.165, 1.54) is 18.2 Å². The maximum Gasteiger partial charge on any atom is 0.251 e. The molecule has 3 heterocycles. The number of thiazole rings is 1. The molecule has 2 aromatic heterocycles. The molecule has 1 amide bonds. The Labute approximate surface area is 191 Å². The van der Waals surface area contributed by atoms with Crippen molar-refractivity contribution < 1.29 is 13.9 Å². The number of carbonyl (C=O) groups excluding carboxylic acids is 1. The highest BCUT2D eigenvalue weighted by Gasteiger charge is 2.23. The normalized spacial score (nSPS) is 16.3. The van der Waals surface area contributed by atoms with Crippen LogP contribution in [-0.2, 0) is 11.3 Å². The average molecular weight is 455 g/mol. The molecule has 1 saturated heterocycles. The third kappa shape index (κ3) is 4.97. The van der Waals surface area contributed by atoms with Gasteiger partial charge in [-0.25, -0.2) is 9.37 Å². The first kappa shape index (κ1) is 22.4. The van der Waals surface area contributed by atoms with Crippen LogP contribution in [0.5, 0.6) is 0 Å². The number of carbonyl (C=O) groups is 1. The number of rotatable bonds is 5. The van der Waals surface area contributed by atoms with Gasteiger partial charge in [0.05, 0.1) is 29.8 Å². The highest BCUT2D eigenvalue weighted by Crippen LogP contribution is 2.36. The third-order valence-corrected chi connectivity index (χ3v) is 6.60. The van der Waals surface area contributed by atoms with E-state index in [9.17, 15) is 9.18 Å². The molecule has 4 rings (SSSR count). The number of benzene rings is 1. The van der Waals surface area contributed by atoms with Crippen LogP contribution in [0.25, 0.3) is 10.4 Å². The Morgan fingerprint density at radius 3 is 2.66 bits per heavy atom. The molecule has 1 aromatic carbocycles. The van der Waals surface area contributed by atoms with Gasteiger partial charge >= 0.3 is 0 Å². The van der Waals surface area contributed by atoms with Gasteiger partial charge in [0.1, 0.15) is 5.82 Å². The largest absolute Gasteiger partial charge is 0.375 e. The first-order valence-electron chi connectivity index (χ1n) is 10.7. The molecule has 0 spiro atoms. The fourth-order valence-corrected chi connectivity index (χ4v) is 5.02. The smallest absolute Gasteiger partial charge is 0.251 e. The van der Waals surface area contributed by atoms with Crippen molar-refractivity contribution in [3.63, 3.8) is 0 Å². The molecule has 6 nitrogen and oxygen atoms in total. The number of morpholine rings is 1. The lowest BCUT2D eigenvalue weighted by Gasteiger charge is -2.30. The maximum atomic E-state index is 13.4. The van der Waals surface area contributed by atoms with Crippen molar-refractivity contribution >= 4 is 22.4 Å². The lowest BCUT2D eigenvalue weighted by molar-refractivity contribution is 0.0532. The van der Waals surface area contributed by atoms with Gasteiger partial charge in [0, 0.05) is 30.0 Å². The van der Waals surface area contributed by atoms with Crippen LogP contribution in [0.3, 0.4) is 0 Å². The predicted octanol–water partition coefficient (Wildman–Crippen LogP) is 4.42. The van der Waals surface area contributed by atoms with Crippen LogP contribution in [0.2, 0.25) is 0 Å². The maximum absolute atomic E-state index is 13.4. The molecule has 168 valence electrons. The van der Waals surface area contributed by atoms with E-state index in [1.54, 1.807) is 18.3 Å². The highest BCUT2D eigenvalue weighted by atomic mass is 32.1. The minimum Gasteiger partial charge on any atom is -0.375 e. The number of anilines is 1. The van der Waals surface area contributed by atoms with Crippen molar-refractivity contribution in [1.82, 2.24) is 15.3 Å². The average Bonchev–Trinajstić information content (AvgIpc) is 3.16. The van der Waals surface area contributed by atoms with Crippen molar-refractivity contribution in [2.45, 2.75) is 40.3 Å². The third-order valence-electron chi connectivity index (χ3n) is 5.39. The molecular weight excluding hydrogens is 427 g/mol. The minimum atomic E-state index is -0.353. The predicted molar refractivity (Wildman–Crippen MR) is 125 cm³/mol. The summed E-state index contributed by atoms with van der Waals surface area (Å²) in [5, 5.41) is 3.88. The lowest BCUT2D eigenvalue weighted by atomic mass is 10.1. The number of hydrogen-bond acceptors (Lipinski definition) is 6. The van der Waals surface area contributed by atoms with Gasteiger partial charge in [-0.3, -0.25) is 9.78 Å². The molecule has 1 aliphatic heterocycles. The first-order valence-corrected chi connectivity index (χ1v) is 11.5. The van der Waals surface area contributed by atoms with E-state index < -0.39 is 0 Å². The Morgan fingerprint density at radius 1 is 1.22 bits per heavy atom. The van der Waals surface area contributed by atoms with Crippen molar-refractivity contribution in [3.05, 3.63) is 64.4 Å². The molecule has 0 bridgehead atoms. The van der Waals surface area contributed by atoms with Crippen LogP contribution in [0, 0.1) is 26.6 Å². The van der Waals surface area contributed by atoms with Crippen LogP contribution in [0.4, 0.5) is 9.52 Å². The summed E-state index contributed by atoms with van der Waals surface area (Å²) in [7, 11) is 0. The zero-order valence-electron chi connectivity index (χ0n) is 18.7. The summed E-state index contributed by atoms with van der Waals surface area (Å²) >= 11 is 1.62. The standard InChI is InChI=1S/C24H27FN4O2S/c1-14-9-19(25)5-6-20(14)23(30)26-12-21-22(18-10-15(2)27-16(3)11-18)32-24(28-21)29-7-8-31-17(4)13-29/h5-6,9-11,17H,7-8,12-13H2,1-4H3,(H,26,30)/t17-/m0/s1. The Kier molecular flexibility index (Phi) is 6.53. The summed E-state index contributed by atoms with van der Waals surface area (Å²) in [6, 6.07) is 8.27. The molecular formula is C24H27FN4O2S. The summed E-state index contributed by atoms with van der Waals surface area (Å²) < 4.78 is 19.1. The van der Waals surface area contributed by atoms with Gasteiger partial charge in [0.15, 0.2) is 5.13 Å². The second-order valence-electron chi connectivity index (χ2n) is 8.18. The van der Waals surface area contributed by atoms with E-state index in [-0.39, 0.29) is 24.4 Å². The number of ether oxygens (including phenoxy) is 1. The summed E-state index contributed by atoms with van der Waals surface area (Å²) in [6.45, 7) is 10.2. The van der Waals surface area contributed by atoms with Crippen LogP contribution >= 0.6 is 11.3 Å². The quantitative estimate of drug-likeness (QED) is 0.618. The van der Waals surface area contributed by atoms with Crippen LogP contribution in [0.1, 0.15) is 39.9 Å². The second kappa shape index (κ2) is 9.34. The number of amides is 1. The van der Waals surface area contributed by atoms with Gasteiger partial charge in [-0.15, -0.1) is 0 Å². The number of halogens is 1. The van der Waals surface area contributed by atoms with E-state index >= 15 is 0 Å². The monoisotopic (exact) mass is 454 g/mol. The number of hydrogen-bond donors (Lipinski definition) is 1. The zero-order valence-corrected chi connectivity index (χ0v) is 19.6. The van der Waals surface area contributed by atoms with Crippen LogP contribution in [0.15, 0.2) is 30.3 Å².